The number of benzene rings is 4. The molecule has 2 atom stereocenters. The molecule has 2 aromatic heterocycles. The summed E-state index contributed by atoms with van der Waals surface area (Å²) in [6.07, 6.45) is 3.11. The van der Waals surface area contributed by atoms with Gasteiger partial charge >= 0.3 is 0 Å². The summed E-state index contributed by atoms with van der Waals surface area (Å²) in [5, 5.41) is 3.57. The van der Waals surface area contributed by atoms with Gasteiger partial charge in [-0.2, -0.15) is 0 Å². The Kier molecular flexibility index (Phi) is 4.88. The van der Waals surface area contributed by atoms with Crippen molar-refractivity contribution in [2.45, 2.75) is 37.9 Å². The van der Waals surface area contributed by atoms with Gasteiger partial charge in [-0.25, -0.2) is 0 Å². The minimum absolute atomic E-state index is 0.175. The standard InChI is InChI=1S/C35H29N3O5/c1-41-21-8-4-18(5-9-21)17-36-34(39)30-28-24-15-22(42-2)10-12-26(24)37-19-6-7-20(14-19)38-27-13-11-23(43-3)16-25(27)29(31(30)35(36)40)33(38)32(28)37/h4-5,8-13,15-16,19-20H,6-7,14,17H2,1-3H3. The van der Waals surface area contributed by atoms with Crippen molar-refractivity contribution in [3.05, 3.63) is 77.4 Å². The van der Waals surface area contributed by atoms with E-state index in [-0.39, 0.29) is 18.4 Å². The molecule has 6 aromatic rings. The first-order valence-corrected chi connectivity index (χ1v) is 14.7. The molecular weight excluding hydrogens is 542 g/mol. The Labute approximate surface area is 246 Å². The second-order valence-electron chi connectivity index (χ2n) is 11.9. The quantitative estimate of drug-likeness (QED) is 0.208. The molecule has 0 radical (unpaired) electrons. The number of fused-ring (bicyclic) bond motifs is 13. The van der Waals surface area contributed by atoms with Gasteiger partial charge in [-0.1, -0.05) is 12.1 Å². The van der Waals surface area contributed by atoms with Gasteiger partial charge in [-0.05, 0) is 73.4 Å². The minimum atomic E-state index is -0.266. The lowest BCUT2D eigenvalue weighted by Gasteiger charge is -2.16. The predicted molar refractivity (Wildman–Crippen MR) is 165 cm³/mol. The van der Waals surface area contributed by atoms with Gasteiger partial charge in [-0.15, -0.1) is 0 Å². The zero-order chi connectivity index (χ0) is 29.1. The van der Waals surface area contributed by atoms with Crippen LogP contribution in [0.5, 0.6) is 17.2 Å². The fourth-order valence-electron chi connectivity index (χ4n) is 8.07. The number of imide groups is 1. The molecule has 1 aliphatic carbocycles. The van der Waals surface area contributed by atoms with Gasteiger partial charge in [0.05, 0.1) is 50.0 Å². The molecule has 2 unspecified atom stereocenters. The Hall–Kier alpha value is -4.98. The molecule has 2 bridgehead atoms. The van der Waals surface area contributed by atoms with E-state index in [2.05, 4.69) is 21.3 Å². The van der Waals surface area contributed by atoms with E-state index >= 15 is 0 Å². The molecule has 43 heavy (non-hydrogen) atoms. The fraction of sp³-hybridized carbons (Fsp3) is 0.257. The van der Waals surface area contributed by atoms with E-state index in [9.17, 15) is 9.59 Å². The number of methoxy groups -OCH3 is 3. The van der Waals surface area contributed by atoms with Crippen LogP contribution in [0.3, 0.4) is 0 Å². The molecule has 2 amide bonds. The first-order valence-electron chi connectivity index (χ1n) is 14.7. The highest BCUT2D eigenvalue weighted by Gasteiger charge is 2.45. The third-order valence-electron chi connectivity index (χ3n) is 9.92. The zero-order valence-electron chi connectivity index (χ0n) is 24.1. The molecule has 0 saturated heterocycles. The number of aromatic nitrogens is 2. The van der Waals surface area contributed by atoms with Crippen LogP contribution in [0.25, 0.3) is 43.6 Å². The molecule has 4 heterocycles. The molecule has 2 aliphatic heterocycles. The molecule has 4 aromatic carbocycles. The third-order valence-corrected chi connectivity index (χ3v) is 9.92. The monoisotopic (exact) mass is 571 g/mol. The zero-order valence-corrected chi connectivity index (χ0v) is 24.1. The number of rotatable bonds is 5. The van der Waals surface area contributed by atoms with Crippen molar-refractivity contribution in [2.24, 2.45) is 0 Å². The van der Waals surface area contributed by atoms with E-state index in [0.29, 0.717) is 23.2 Å². The van der Waals surface area contributed by atoms with Crippen molar-refractivity contribution in [3.63, 3.8) is 0 Å². The lowest BCUT2D eigenvalue weighted by molar-refractivity contribution is 0.0643. The molecule has 1 saturated carbocycles. The number of ether oxygens (including phenoxy) is 3. The van der Waals surface area contributed by atoms with Crippen LogP contribution in [0.15, 0.2) is 60.7 Å². The van der Waals surface area contributed by atoms with Gasteiger partial charge < -0.3 is 23.3 Å². The van der Waals surface area contributed by atoms with E-state index in [0.717, 1.165) is 85.7 Å². The number of carbonyl (C=O) groups is 2. The molecule has 214 valence electrons. The van der Waals surface area contributed by atoms with Gasteiger partial charge in [0.1, 0.15) is 17.2 Å². The highest BCUT2D eigenvalue weighted by Crippen LogP contribution is 2.54. The average molecular weight is 572 g/mol. The Balaban J connectivity index is 1.44. The Bertz CT molecular complexity index is 2080. The SMILES string of the molecule is COc1ccc(CN2C(=O)c3c(c4c5cc(OC)ccc5n5c4c4c3c3cc(OC)ccc3n4C3CCC5C3)C2=O)cc1. The summed E-state index contributed by atoms with van der Waals surface area (Å²) in [6.45, 7) is 0.175. The molecule has 8 nitrogen and oxygen atoms in total. The topological polar surface area (TPSA) is 74.9 Å². The maximum Gasteiger partial charge on any atom is 0.262 e. The molecule has 9 rings (SSSR count). The highest BCUT2D eigenvalue weighted by atomic mass is 16.5. The van der Waals surface area contributed by atoms with Crippen molar-refractivity contribution in [3.8, 4) is 17.2 Å². The average Bonchev–Trinajstić information content (AvgIpc) is 3.75. The van der Waals surface area contributed by atoms with Crippen molar-refractivity contribution in [2.75, 3.05) is 21.3 Å². The predicted octanol–water partition coefficient (Wildman–Crippen LogP) is 7.00. The summed E-state index contributed by atoms with van der Waals surface area (Å²) >= 11 is 0. The van der Waals surface area contributed by atoms with Crippen molar-refractivity contribution >= 4 is 55.4 Å². The third kappa shape index (κ3) is 3.05. The van der Waals surface area contributed by atoms with E-state index in [4.69, 9.17) is 14.2 Å². The second kappa shape index (κ2) is 8.53. The number of hydrogen-bond donors (Lipinski definition) is 0. The van der Waals surface area contributed by atoms with Crippen molar-refractivity contribution < 1.29 is 23.8 Å². The summed E-state index contributed by atoms with van der Waals surface area (Å²) < 4.78 is 21.5. The molecule has 3 aliphatic rings. The fourth-order valence-corrected chi connectivity index (χ4v) is 8.07. The summed E-state index contributed by atoms with van der Waals surface area (Å²) in [6, 6.07) is 20.3. The van der Waals surface area contributed by atoms with Crippen molar-refractivity contribution in [1.29, 1.82) is 0 Å². The maximum atomic E-state index is 14.5. The van der Waals surface area contributed by atoms with E-state index in [1.807, 2.05) is 48.5 Å². The van der Waals surface area contributed by atoms with Crippen LogP contribution in [0, 0.1) is 0 Å². The van der Waals surface area contributed by atoms with Crippen molar-refractivity contribution in [1.82, 2.24) is 14.0 Å². The number of nitrogens with zero attached hydrogens (tertiary/aromatic N) is 3. The van der Waals surface area contributed by atoms with Crippen LogP contribution in [0.4, 0.5) is 0 Å². The van der Waals surface area contributed by atoms with E-state index in [1.165, 1.54) is 4.90 Å². The smallest absolute Gasteiger partial charge is 0.262 e. The molecule has 0 N–H and O–H groups in total. The Morgan fingerprint density at radius 3 is 1.58 bits per heavy atom. The largest absolute Gasteiger partial charge is 0.497 e. The summed E-state index contributed by atoms with van der Waals surface area (Å²) in [5.41, 5.74) is 6.03. The van der Waals surface area contributed by atoms with Gasteiger partial charge in [0.15, 0.2) is 0 Å². The molecule has 0 spiro atoms. The number of carbonyl (C=O) groups excluding carboxylic acids is 2. The van der Waals surface area contributed by atoms with Crippen LogP contribution < -0.4 is 14.2 Å². The lowest BCUT2D eigenvalue weighted by atomic mass is 9.96. The normalized spacial score (nSPS) is 18.9. The Morgan fingerprint density at radius 2 is 1.12 bits per heavy atom. The summed E-state index contributed by atoms with van der Waals surface area (Å²) in [4.78, 5) is 30.5. The van der Waals surface area contributed by atoms with Gasteiger partial charge in [0.25, 0.3) is 11.8 Å². The first kappa shape index (κ1) is 24.6. The lowest BCUT2D eigenvalue weighted by Crippen LogP contribution is -2.29. The highest BCUT2D eigenvalue weighted by molar-refractivity contribution is 6.39. The summed E-state index contributed by atoms with van der Waals surface area (Å²) in [7, 11) is 4.93. The number of hydrogen-bond acceptors (Lipinski definition) is 5. The Morgan fingerprint density at radius 1 is 0.651 bits per heavy atom. The van der Waals surface area contributed by atoms with Crippen LogP contribution in [-0.2, 0) is 6.54 Å². The van der Waals surface area contributed by atoms with Crippen LogP contribution in [-0.4, -0.2) is 47.2 Å². The van der Waals surface area contributed by atoms with E-state index in [1.54, 1.807) is 21.3 Å². The second-order valence-corrected chi connectivity index (χ2v) is 11.9. The molecule has 8 heteroatoms. The first-order chi connectivity index (χ1) is 21.0. The minimum Gasteiger partial charge on any atom is -0.497 e. The van der Waals surface area contributed by atoms with Gasteiger partial charge in [-0.3, -0.25) is 14.5 Å². The summed E-state index contributed by atoms with van der Waals surface area (Å²) in [5.74, 6) is 1.63. The van der Waals surface area contributed by atoms with Gasteiger partial charge in [0.2, 0.25) is 0 Å². The van der Waals surface area contributed by atoms with Gasteiger partial charge in [0, 0.05) is 44.7 Å². The van der Waals surface area contributed by atoms with Crippen LogP contribution >= 0.6 is 0 Å². The maximum absolute atomic E-state index is 14.5. The van der Waals surface area contributed by atoms with E-state index < -0.39 is 0 Å². The molecule has 1 fully saturated rings. The molecular formula is C35H29N3O5. The van der Waals surface area contributed by atoms with Crippen LogP contribution in [0.1, 0.15) is 57.6 Å². The van der Waals surface area contributed by atoms with Crippen LogP contribution in [0.2, 0.25) is 0 Å². The number of amides is 2.